The molecular formula is C23H34N2Si. The molecule has 0 radical (unpaired) electrons. The van der Waals surface area contributed by atoms with Crippen LogP contribution in [0.2, 0.25) is 19.6 Å². The Labute approximate surface area is 160 Å². The molecule has 3 heteroatoms. The molecule has 0 aromatic heterocycles. The molecule has 3 rings (SSSR count). The molecule has 2 aromatic carbocycles. The molecule has 1 heterocycles. The van der Waals surface area contributed by atoms with Crippen molar-refractivity contribution in [3.05, 3.63) is 52.1 Å². The molecule has 1 fully saturated rings. The van der Waals surface area contributed by atoms with Crippen molar-refractivity contribution >= 4 is 24.6 Å². The van der Waals surface area contributed by atoms with Crippen molar-refractivity contribution in [3.63, 3.8) is 0 Å². The summed E-state index contributed by atoms with van der Waals surface area (Å²) in [5.41, 5.74) is 9.87. The molecule has 2 aromatic rings. The topological polar surface area (TPSA) is 6.48 Å². The van der Waals surface area contributed by atoms with Crippen molar-refractivity contribution in [1.29, 1.82) is 0 Å². The molecule has 0 bridgehead atoms. The second-order valence-electron chi connectivity index (χ2n) is 9.12. The lowest BCUT2D eigenvalue weighted by Gasteiger charge is -2.28. The van der Waals surface area contributed by atoms with Gasteiger partial charge in [-0.3, -0.25) is 0 Å². The minimum absolute atomic E-state index is 0.985. The minimum Gasteiger partial charge on any atom is -0.352 e. The van der Waals surface area contributed by atoms with Crippen LogP contribution in [0.25, 0.3) is 0 Å². The van der Waals surface area contributed by atoms with Crippen LogP contribution in [0.4, 0.5) is 11.4 Å². The summed E-state index contributed by atoms with van der Waals surface area (Å²) >= 11 is 0. The Morgan fingerprint density at radius 1 is 0.654 bits per heavy atom. The van der Waals surface area contributed by atoms with E-state index in [1.54, 1.807) is 5.19 Å². The number of aryl methyl sites for hydroxylation is 5. The number of hydrogen-bond acceptors (Lipinski definition) is 2. The van der Waals surface area contributed by atoms with Gasteiger partial charge in [0, 0.05) is 24.5 Å². The maximum absolute atomic E-state index is 2.57. The molecule has 0 spiro atoms. The van der Waals surface area contributed by atoms with E-state index in [4.69, 9.17) is 0 Å². The van der Waals surface area contributed by atoms with Gasteiger partial charge in [-0.2, -0.15) is 0 Å². The molecule has 1 aliphatic rings. The number of rotatable bonds is 3. The molecule has 1 saturated heterocycles. The summed E-state index contributed by atoms with van der Waals surface area (Å²) in [6.45, 7) is 21.7. The molecule has 0 saturated carbocycles. The van der Waals surface area contributed by atoms with E-state index in [0.717, 1.165) is 19.8 Å². The van der Waals surface area contributed by atoms with Crippen molar-refractivity contribution in [2.75, 3.05) is 29.6 Å². The number of hydrogen-bond donors (Lipinski definition) is 0. The predicted molar refractivity (Wildman–Crippen MR) is 119 cm³/mol. The summed E-state index contributed by atoms with van der Waals surface area (Å²) < 4.78 is 0. The second-order valence-corrected chi connectivity index (χ2v) is 14.2. The Balaban J connectivity index is 1.90. The highest BCUT2D eigenvalue weighted by atomic mass is 28.3. The summed E-state index contributed by atoms with van der Waals surface area (Å²) in [5.74, 6) is 0. The molecular weight excluding hydrogens is 332 g/mol. The number of nitrogens with zero attached hydrogens (tertiary/aromatic N) is 2. The van der Waals surface area contributed by atoms with Gasteiger partial charge in [-0.15, -0.1) is 0 Å². The van der Waals surface area contributed by atoms with E-state index < -0.39 is 8.07 Å². The van der Waals surface area contributed by atoms with Gasteiger partial charge >= 0.3 is 0 Å². The van der Waals surface area contributed by atoms with Gasteiger partial charge in [0.15, 0.2) is 0 Å². The van der Waals surface area contributed by atoms with Crippen LogP contribution in [0.3, 0.4) is 0 Å². The van der Waals surface area contributed by atoms with Crippen LogP contribution < -0.4 is 15.0 Å². The first-order valence-corrected chi connectivity index (χ1v) is 13.3. The van der Waals surface area contributed by atoms with Crippen LogP contribution >= 0.6 is 0 Å². The lowest BCUT2D eigenvalue weighted by atomic mass is 10.0. The average Bonchev–Trinajstić information content (AvgIpc) is 2.93. The van der Waals surface area contributed by atoms with Crippen LogP contribution in [0.15, 0.2) is 24.3 Å². The van der Waals surface area contributed by atoms with Crippen LogP contribution in [-0.2, 0) is 0 Å². The Bertz CT molecular complexity index is 787. The summed E-state index contributed by atoms with van der Waals surface area (Å²) in [5, 5.41) is 1.57. The summed E-state index contributed by atoms with van der Waals surface area (Å²) in [6, 6.07) is 9.51. The van der Waals surface area contributed by atoms with Crippen molar-refractivity contribution in [3.8, 4) is 0 Å². The maximum Gasteiger partial charge on any atom is 0.0904 e. The summed E-state index contributed by atoms with van der Waals surface area (Å²) in [6.07, 6.45) is 0. The zero-order valence-corrected chi connectivity index (χ0v) is 18.8. The van der Waals surface area contributed by atoms with E-state index in [9.17, 15) is 0 Å². The minimum atomic E-state index is -1.27. The summed E-state index contributed by atoms with van der Waals surface area (Å²) in [4.78, 5) is 5.12. The Morgan fingerprint density at radius 3 is 1.42 bits per heavy atom. The van der Waals surface area contributed by atoms with E-state index in [0.29, 0.717) is 0 Å². The summed E-state index contributed by atoms with van der Waals surface area (Å²) in [7, 11) is -1.27. The van der Waals surface area contributed by atoms with Gasteiger partial charge in [0.2, 0.25) is 0 Å². The van der Waals surface area contributed by atoms with Gasteiger partial charge in [0.1, 0.15) is 0 Å². The zero-order chi connectivity index (χ0) is 19.2. The normalized spacial score (nSPS) is 15.1. The first-order chi connectivity index (χ1) is 12.1. The fourth-order valence-electron chi connectivity index (χ4n) is 4.51. The van der Waals surface area contributed by atoms with Crippen molar-refractivity contribution < 1.29 is 0 Å². The van der Waals surface area contributed by atoms with Gasteiger partial charge in [-0.05, 0) is 56.9 Å². The highest BCUT2D eigenvalue weighted by molar-refractivity contribution is 6.88. The Morgan fingerprint density at radius 2 is 1.04 bits per heavy atom. The van der Waals surface area contributed by atoms with E-state index in [1.807, 2.05) is 0 Å². The fraction of sp³-hybridized carbons (Fsp3) is 0.478. The molecule has 26 heavy (non-hydrogen) atoms. The van der Waals surface area contributed by atoms with E-state index >= 15 is 0 Å². The fourth-order valence-corrected chi connectivity index (χ4v) is 5.81. The zero-order valence-electron chi connectivity index (χ0n) is 17.8. The quantitative estimate of drug-likeness (QED) is 0.701. The SMILES string of the molecule is Cc1cc(C)c(N2CCN(c3c(C)cc([Si](C)(C)C)cc3C)C2)c(C)c1. The van der Waals surface area contributed by atoms with Crippen molar-refractivity contribution in [2.24, 2.45) is 0 Å². The van der Waals surface area contributed by atoms with E-state index in [-0.39, 0.29) is 0 Å². The standard InChI is InChI=1S/C23H34N2Si/c1-16-11-17(2)22(18(3)12-16)24-9-10-25(15-24)23-19(4)13-21(14-20(23)5)26(6,7)8/h11-14H,9-10,15H2,1-8H3. The second kappa shape index (κ2) is 6.77. The van der Waals surface area contributed by atoms with Crippen LogP contribution in [0, 0.1) is 34.6 Å². The maximum atomic E-state index is 2.57. The van der Waals surface area contributed by atoms with Gasteiger partial charge in [0.05, 0.1) is 14.7 Å². The molecule has 0 unspecified atom stereocenters. The van der Waals surface area contributed by atoms with Gasteiger partial charge < -0.3 is 9.80 Å². The molecule has 0 aliphatic carbocycles. The van der Waals surface area contributed by atoms with Crippen molar-refractivity contribution in [1.82, 2.24) is 0 Å². The van der Waals surface area contributed by atoms with E-state index in [1.165, 1.54) is 39.2 Å². The first-order valence-electron chi connectivity index (χ1n) is 9.77. The highest BCUT2D eigenvalue weighted by Crippen LogP contribution is 2.32. The third-order valence-electron chi connectivity index (χ3n) is 5.61. The van der Waals surface area contributed by atoms with Crippen LogP contribution in [0.5, 0.6) is 0 Å². The Kier molecular flexibility index (Phi) is 4.95. The Hall–Kier alpha value is -1.74. The van der Waals surface area contributed by atoms with Gasteiger partial charge in [0.25, 0.3) is 0 Å². The third-order valence-corrected chi connectivity index (χ3v) is 7.63. The lowest BCUT2D eigenvalue weighted by molar-refractivity contribution is 0.931. The molecule has 2 nitrogen and oxygen atoms in total. The van der Waals surface area contributed by atoms with Crippen molar-refractivity contribution in [2.45, 2.75) is 54.3 Å². The molecule has 0 amide bonds. The molecule has 1 aliphatic heterocycles. The predicted octanol–water partition coefficient (Wildman–Crippen LogP) is 5.06. The average molecular weight is 367 g/mol. The number of benzene rings is 2. The largest absolute Gasteiger partial charge is 0.352 e. The molecule has 0 N–H and O–H groups in total. The lowest BCUT2D eigenvalue weighted by Crippen LogP contribution is -2.38. The van der Waals surface area contributed by atoms with Gasteiger partial charge in [-0.25, -0.2) is 0 Å². The first kappa shape index (κ1) is 19.0. The smallest absolute Gasteiger partial charge is 0.0904 e. The van der Waals surface area contributed by atoms with Gasteiger partial charge in [-0.1, -0.05) is 54.7 Å². The van der Waals surface area contributed by atoms with E-state index in [2.05, 4.69) is 88.3 Å². The molecule has 0 atom stereocenters. The third kappa shape index (κ3) is 3.55. The van der Waals surface area contributed by atoms with Crippen LogP contribution in [0.1, 0.15) is 27.8 Å². The highest BCUT2D eigenvalue weighted by Gasteiger charge is 2.26. The van der Waals surface area contributed by atoms with Crippen LogP contribution in [-0.4, -0.2) is 27.8 Å². The molecule has 140 valence electrons. The monoisotopic (exact) mass is 366 g/mol. The number of anilines is 2.